The number of rotatable bonds is 4. The molecule has 2 aliphatic heterocycles. The number of hydrogen-bond donors (Lipinski definition) is 0. The van der Waals surface area contributed by atoms with Crippen molar-refractivity contribution in [1.82, 2.24) is 19.8 Å². The molecule has 5 rings (SSSR count). The van der Waals surface area contributed by atoms with Crippen LogP contribution in [-0.2, 0) is 28.7 Å². The highest BCUT2D eigenvalue weighted by Gasteiger charge is 2.33. The molecule has 2 amide bonds. The SMILES string of the molecule is O=C(CN1CCN(c2ccc(C(F)(F)F)cn2)C(=O)C1)N1CCc2nc(-c3ccc(F)cc3)sc2C1. The molecule has 0 atom stereocenters. The van der Waals surface area contributed by atoms with Crippen LogP contribution in [0.3, 0.4) is 0 Å². The molecule has 0 bridgehead atoms. The smallest absolute Gasteiger partial charge is 0.336 e. The van der Waals surface area contributed by atoms with Crippen molar-refractivity contribution < 1.29 is 27.2 Å². The van der Waals surface area contributed by atoms with Crippen molar-refractivity contribution in [2.75, 3.05) is 37.6 Å². The Morgan fingerprint density at radius 3 is 2.47 bits per heavy atom. The van der Waals surface area contributed by atoms with Gasteiger partial charge in [0, 0.05) is 42.7 Å². The summed E-state index contributed by atoms with van der Waals surface area (Å²) < 4.78 is 51.5. The molecular weight excluding hydrogens is 498 g/mol. The van der Waals surface area contributed by atoms with Crippen LogP contribution < -0.4 is 4.90 Å². The number of fused-ring (bicyclic) bond motifs is 1. The fourth-order valence-corrected chi connectivity index (χ4v) is 5.36. The lowest BCUT2D eigenvalue weighted by Crippen LogP contribution is -2.53. The minimum Gasteiger partial charge on any atom is -0.336 e. The molecular formula is C24H21F4N5O2S. The Balaban J connectivity index is 1.17. The number of aromatic nitrogens is 2. The predicted octanol–water partition coefficient (Wildman–Crippen LogP) is 3.60. The maximum atomic E-state index is 13.2. The van der Waals surface area contributed by atoms with E-state index in [1.807, 2.05) is 0 Å². The predicted molar refractivity (Wildman–Crippen MR) is 125 cm³/mol. The van der Waals surface area contributed by atoms with E-state index in [0.29, 0.717) is 32.3 Å². The lowest BCUT2D eigenvalue weighted by atomic mass is 10.1. The van der Waals surface area contributed by atoms with Crippen LogP contribution in [0.25, 0.3) is 10.6 Å². The van der Waals surface area contributed by atoms with E-state index >= 15 is 0 Å². The zero-order valence-corrected chi connectivity index (χ0v) is 19.8. The van der Waals surface area contributed by atoms with Gasteiger partial charge in [-0.1, -0.05) is 0 Å². The second kappa shape index (κ2) is 9.58. The van der Waals surface area contributed by atoms with Crippen molar-refractivity contribution in [3.8, 4) is 10.6 Å². The van der Waals surface area contributed by atoms with Gasteiger partial charge in [0.05, 0.1) is 30.9 Å². The zero-order valence-electron chi connectivity index (χ0n) is 19.0. The number of halogens is 4. The van der Waals surface area contributed by atoms with E-state index in [0.717, 1.165) is 27.2 Å². The number of amides is 2. The Morgan fingerprint density at radius 1 is 1.03 bits per heavy atom. The molecule has 2 aliphatic rings. The number of anilines is 1. The van der Waals surface area contributed by atoms with Gasteiger partial charge in [-0.25, -0.2) is 14.4 Å². The first-order chi connectivity index (χ1) is 17.2. The average molecular weight is 520 g/mol. The van der Waals surface area contributed by atoms with Crippen molar-refractivity contribution >= 4 is 29.0 Å². The topological polar surface area (TPSA) is 69.6 Å². The van der Waals surface area contributed by atoms with E-state index < -0.39 is 11.7 Å². The lowest BCUT2D eigenvalue weighted by Gasteiger charge is -2.35. The lowest BCUT2D eigenvalue weighted by molar-refractivity contribution is -0.138. The van der Waals surface area contributed by atoms with Gasteiger partial charge in [0.25, 0.3) is 0 Å². The normalized spacial score (nSPS) is 16.8. The first kappa shape index (κ1) is 24.3. The van der Waals surface area contributed by atoms with Crippen molar-refractivity contribution in [3.63, 3.8) is 0 Å². The molecule has 7 nitrogen and oxygen atoms in total. The standard InChI is InChI=1S/C24H21F4N5O2S/c25-17-4-1-15(2-5-17)23-30-18-7-8-32(12-19(18)36-23)21(34)13-31-9-10-33(22(35)14-31)20-6-3-16(11-29-20)24(26,27)28/h1-6,11H,7-10,12-14H2. The Morgan fingerprint density at radius 2 is 1.81 bits per heavy atom. The summed E-state index contributed by atoms with van der Waals surface area (Å²) >= 11 is 1.48. The Labute approximate surface area is 208 Å². The summed E-state index contributed by atoms with van der Waals surface area (Å²) in [5, 5.41) is 0.785. The van der Waals surface area contributed by atoms with E-state index in [1.54, 1.807) is 21.9 Å². The molecule has 0 radical (unpaired) electrons. The molecule has 2 aromatic heterocycles. The fourth-order valence-electron chi connectivity index (χ4n) is 4.23. The van der Waals surface area contributed by atoms with Gasteiger partial charge in [-0.2, -0.15) is 13.2 Å². The Bertz CT molecular complexity index is 1280. The molecule has 0 N–H and O–H groups in total. The Kier molecular flexibility index (Phi) is 6.47. The summed E-state index contributed by atoms with van der Waals surface area (Å²) in [5.41, 5.74) is 0.891. The van der Waals surface area contributed by atoms with Crippen LogP contribution in [-0.4, -0.2) is 64.3 Å². The summed E-state index contributed by atoms with van der Waals surface area (Å²) in [7, 11) is 0. The first-order valence-electron chi connectivity index (χ1n) is 11.3. The minimum atomic E-state index is -4.49. The van der Waals surface area contributed by atoms with Crippen LogP contribution in [0.4, 0.5) is 23.4 Å². The summed E-state index contributed by atoms with van der Waals surface area (Å²) in [5.74, 6) is -0.587. The number of alkyl halides is 3. The number of thiazole rings is 1. The monoisotopic (exact) mass is 519 g/mol. The van der Waals surface area contributed by atoms with Crippen LogP contribution in [0.1, 0.15) is 16.1 Å². The van der Waals surface area contributed by atoms with E-state index in [2.05, 4.69) is 9.97 Å². The molecule has 0 aliphatic carbocycles. The van der Waals surface area contributed by atoms with Gasteiger partial charge in [0.2, 0.25) is 11.8 Å². The number of carbonyl (C=O) groups excluding carboxylic acids is 2. The maximum absolute atomic E-state index is 13.2. The number of benzene rings is 1. The second-order valence-electron chi connectivity index (χ2n) is 8.62. The van der Waals surface area contributed by atoms with Crippen molar-refractivity contribution in [2.45, 2.75) is 19.1 Å². The highest BCUT2D eigenvalue weighted by molar-refractivity contribution is 7.15. The average Bonchev–Trinajstić information content (AvgIpc) is 3.27. The van der Waals surface area contributed by atoms with Gasteiger partial charge in [-0.3, -0.25) is 19.4 Å². The molecule has 4 heterocycles. The van der Waals surface area contributed by atoms with Crippen LogP contribution in [0.2, 0.25) is 0 Å². The first-order valence-corrected chi connectivity index (χ1v) is 12.1. The van der Waals surface area contributed by atoms with Gasteiger partial charge in [-0.15, -0.1) is 11.3 Å². The molecule has 0 unspecified atom stereocenters. The van der Waals surface area contributed by atoms with Gasteiger partial charge < -0.3 is 4.90 Å². The van der Waals surface area contributed by atoms with E-state index in [4.69, 9.17) is 0 Å². The second-order valence-corrected chi connectivity index (χ2v) is 9.70. The summed E-state index contributed by atoms with van der Waals surface area (Å²) in [6, 6.07) is 8.22. The molecule has 188 valence electrons. The van der Waals surface area contributed by atoms with Crippen LogP contribution >= 0.6 is 11.3 Å². The molecule has 12 heteroatoms. The third-order valence-corrected chi connectivity index (χ3v) is 7.32. The molecule has 0 saturated carbocycles. The van der Waals surface area contributed by atoms with Crippen LogP contribution in [0.5, 0.6) is 0 Å². The number of piperazine rings is 1. The van der Waals surface area contributed by atoms with Gasteiger partial charge >= 0.3 is 6.18 Å². The summed E-state index contributed by atoms with van der Waals surface area (Å²) in [4.78, 5) is 39.8. The van der Waals surface area contributed by atoms with Crippen LogP contribution in [0.15, 0.2) is 42.6 Å². The van der Waals surface area contributed by atoms with Crippen molar-refractivity contribution in [3.05, 3.63) is 64.5 Å². The molecule has 3 aromatic rings. The minimum absolute atomic E-state index is 0.0250. The maximum Gasteiger partial charge on any atom is 0.417 e. The van der Waals surface area contributed by atoms with Crippen molar-refractivity contribution in [1.29, 1.82) is 0 Å². The molecule has 0 spiro atoms. The Hall–Kier alpha value is -3.38. The van der Waals surface area contributed by atoms with E-state index in [-0.39, 0.29) is 43.1 Å². The van der Waals surface area contributed by atoms with Gasteiger partial charge in [-0.05, 0) is 36.4 Å². The zero-order chi connectivity index (χ0) is 25.4. The van der Waals surface area contributed by atoms with Crippen molar-refractivity contribution in [2.24, 2.45) is 0 Å². The highest BCUT2D eigenvalue weighted by atomic mass is 32.1. The number of hydrogen-bond acceptors (Lipinski definition) is 6. The number of nitrogens with zero attached hydrogens (tertiary/aromatic N) is 5. The third kappa shape index (κ3) is 5.09. The molecule has 1 saturated heterocycles. The van der Waals surface area contributed by atoms with E-state index in [9.17, 15) is 27.2 Å². The van der Waals surface area contributed by atoms with Gasteiger partial charge in [0.15, 0.2) is 0 Å². The van der Waals surface area contributed by atoms with Crippen LogP contribution in [0, 0.1) is 5.82 Å². The fraction of sp³-hybridized carbons (Fsp3) is 0.333. The largest absolute Gasteiger partial charge is 0.417 e. The third-order valence-electron chi connectivity index (χ3n) is 6.19. The molecule has 36 heavy (non-hydrogen) atoms. The van der Waals surface area contributed by atoms with Gasteiger partial charge in [0.1, 0.15) is 16.6 Å². The summed E-state index contributed by atoms with van der Waals surface area (Å²) in [6.07, 6.45) is -3.17. The molecule has 1 aromatic carbocycles. The van der Waals surface area contributed by atoms with E-state index in [1.165, 1.54) is 34.4 Å². The quantitative estimate of drug-likeness (QED) is 0.493. The summed E-state index contributed by atoms with van der Waals surface area (Å²) in [6.45, 7) is 1.61. The number of carbonyl (C=O) groups is 2. The highest BCUT2D eigenvalue weighted by Crippen LogP contribution is 2.32. The molecule has 1 fully saturated rings. The number of pyridine rings is 1.